The lowest BCUT2D eigenvalue weighted by atomic mass is 10.1. The zero-order valence-electron chi connectivity index (χ0n) is 68.7. The molecular weight excluding hydrogens is 1260 g/mol. The van der Waals surface area contributed by atoms with Gasteiger partial charge in [0.05, 0.1) is 0 Å². The second-order valence-electron chi connectivity index (χ2n) is 31.2. The largest absolute Gasteiger partial charge is 0.359 e. The van der Waals surface area contributed by atoms with Crippen LogP contribution in [0.15, 0.2) is 0 Å². The molecule has 6 N–H and O–H groups in total. The van der Waals surface area contributed by atoms with Crippen LogP contribution in [0.2, 0.25) is 0 Å². The molecule has 0 heterocycles. The highest BCUT2D eigenvalue weighted by molar-refractivity contribution is 5.78. The second kappa shape index (κ2) is 72.2. The molecule has 16 nitrogen and oxygen atoms in total. The fraction of sp³-hybridized carbons (Fsp3) is 0.929. The molecule has 16 heteroatoms. The number of hydrogen-bond donors (Lipinski definition) is 6. The van der Waals surface area contributed by atoms with Crippen molar-refractivity contribution in [3.63, 3.8) is 0 Å². The Morgan fingerprint density at radius 1 is 0.208 bits per heavy atom. The number of nitrogens with one attached hydrogen (secondary N) is 6. The normalized spacial score (nSPS) is 13.2. The van der Waals surface area contributed by atoms with Gasteiger partial charge in [-0.25, -0.2) is 0 Å². The van der Waals surface area contributed by atoms with Crippen LogP contribution in [0.1, 0.15) is 397 Å². The summed E-state index contributed by atoms with van der Waals surface area (Å²) in [4.78, 5) is 90.9. The van der Waals surface area contributed by atoms with E-state index in [2.05, 4.69) is 121 Å². The van der Waals surface area contributed by atoms with E-state index in [4.69, 9.17) is 0 Å². The third kappa shape index (κ3) is 67.0. The van der Waals surface area contributed by atoms with E-state index in [9.17, 15) is 28.8 Å². The third-order valence-corrected chi connectivity index (χ3v) is 20.9. The molecule has 0 aromatic rings. The number of unbranched alkanes of at least 4 members (excludes halogenated alkanes) is 35. The van der Waals surface area contributed by atoms with Crippen molar-refractivity contribution in [1.82, 2.24) is 51.5 Å². The molecule has 596 valence electrons. The highest BCUT2D eigenvalue weighted by Gasteiger charge is 2.21. The highest BCUT2D eigenvalue weighted by atomic mass is 16.2. The van der Waals surface area contributed by atoms with Crippen LogP contribution in [0.3, 0.4) is 0 Å². The lowest BCUT2D eigenvalue weighted by Crippen LogP contribution is -2.45. The molecule has 6 amide bonds. The summed E-state index contributed by atoms with van der Waals surface area (Å²) in [6, 6.07) is 0.454. The van der Waals surface area contributed by atoms with Crippen LogP contribution in [0.4, 0.5) is 0 Å². The van der Waals surface area contributed by atoms with Crippen molar-refractivity contribution < 1.29 is 28.8 Å². The Balaban J connectivity index is 6.82. The second-order valence-corrected chi connectivity index (χ2v) is 31.2. The average molecular weight is 1430 g/mol. The van der Waals surface area contributed by atoms with E-state index < -0.39 is 0 Å². The van der Waals surface area contributed by atoms with Gasteiger partial charge in [-0.05, 0) is 66.7 Å². The Morgan fingerprint density at radius 3 is 0.505 bits per heavy atom. The van der Waals surface area contributed by atoms with Crippen LogP contribution in [0.25, 0.3) is 0 Å². The molecule has 0 aliphatic heterocycles. The molecule has 0 aliphatic carbocycles. The van der Waals surface area contributed by atoms with Crippen LogP contribution in [0.5, 0.6) is 0 Å². The van der Waals surface area contributed by atoms with Gasteiger partial charge in [0.2, 0.25) is 35.4 Å². The van der Waals surface area contributed by atoms with E-state index in [-0.39, 0.29) is 65.7 Å². The van der Waals surface area contributed by atoms with Crippen LogP contribution in [-0.2, 0) is 28.8 Å². The molecule has 5 unspecified atom stereocenters. The minimum Gasteiger partial charge on any atom is -0.359 e. The van der Waals surface area contributed by atoms with E-state index in [1.54, 1.807) is 7.05 Å². The van der Waals surface area contributed by atoms with Gasteiger partial charge in [-0.2, -0.15) is 0 Å². The average Bonchev–Trinajstić information content (AvgIpc) is 1.01. The van der Waals surface area contributed by atoms with E-state index in [0.717, 1.165) is 64.2 Å². The molecule has 0 aromatic heterocycles. The molecule has 0 rings (SSSR count). The van der Waals surface area contributed by atoms with E-state index in [1.165, 1.54) is 225 Å². The number of amides is 6. The molecule has 101 heavy (non-hydrogen) atoms. The summed E-state index contributed by atoms with van der Waals surface area (Å²) >= 11 is 0. The first-order valence-electron chi connectivity index (χ1n) is 43.5. The maximum Gasteiger partial charge on any atom is 0.221 e. The summed E-state index contributed by atoms with van der Waals surface area (Å²) in [6.45, 7) is 28.8. The Bertz CT molecular complexity index is 1870. The summed E-state index contributed by atoms with van der Waals surface area (Å²) in [6.07, 6.45) is 56.9. The first-order chi connectivity index (χ1) is 49.0. The van der Waals surface area contributed by atoms with Crippen molar-refractivity contribution in [3.05, 3.63) is 0 Å². The quantitative estimate of drug-likeness (QED) is 0.0320. The summed E-state index contributed by atoms with van der Waals surface area (Å²) in [5.41, 5.74) is 0. The van der Waals surface area contributed by atoms with Gasteiger partial charge in [-0.15, -0.1) is 0 Å². The SMILES string of the molecule is CCCCCCCCCCC(C)NC(=O)CCN(CCC(=O)NC)CCN(CCC(=O)NC(C)CCCCCCCCCC)CCN(CCC(=O)NC(C)CCCCCCCCCC)CCN(CCC(=O)NC(C)CCCCCCCCCC)CCC(=O)NC(C)CCCCCCCCCC. The van der Waals surface area contributed by atoms with Crippen molar-refractivity contribution in [2.45, 2.75) is 427 Å². The summed E-state index contributed by atoms with van der Waals surface area (Å²) in [5, 5.41) is 19.3. The highest BCUT2D eigenvalue weighted by Crippen LogP contribution is 2.17. The van der Waals surface area contributed by atoms with E-state index >= 15 is 0 Å². The standard InChI is InChI=1S/C85H170N10O6/c1-12-17-22-27-32-37-42-47-52-75(6)87-81(97)58-64-92(63-57-80(96)86-11)69-71-94(67-61-84(100)90-78(9)55-50-45-40-35-30-25-20-15-4)73-74-95(68-62-85(101)91-79(10)56-51-46-41-36-31-26-21-16-5)72-70-93(65-59-82(98)88-76(7)53-48-43-38-33-28-23-18-13-2)66-60-83(99)89-77(8)54-49-44-39-34-29-24-19-14-3/h75-79H,12-74H2,1-11H3,(H,86,96)(H,87,97)(H,88,98)(H,89,99)(H,90,100)(H,91,101). The summed E-state index contributed by atoms with van der Waals surface area (Å²) in [7, 11) is 1.67. The molecule has 0 fully saturated rings. The van der Waals surface area contributed by atoms with Crippen molar-refractivity contribution in [2.24, 2.45) is 0 Å². The molecule has 0 bridgehead atoms. The van der Waals surface area contributed by atoms with Crippen LogP contribution in [0, 0.1) is 0 Å². The van der Waals surface area contributed by atoms with Gasteiger partial charge in [0.1, 0.15) is 0 Å². The van der Waals surface area contributed by atoms with E-state index in [0.29, 0.717) is 117 Å². The summed E-state index contributed by atoms with van der Waals surface area (Å²) in [5.74, 6) is 0.147. The Labute approximate surface area is 625 Å². The first-order valence-corrected chi connectivity index (χ1v) is 43.5. The first kappa shape index (κ1) is 97.7. The Kier molecular flexibility index (Phi) is 69.8. The van der Waals surface area contributed by atoms with Crippen LogP contribution >= 0.6 is 0 Å². The summed E-state index contributed by atoms with van der Waals surface area (Å²) < 4.78 is 0. The van der Waals surface area contributed by atoms with Crippen LogP contribution in [-0.4, -0.2) is 171 Å². The van der Waals surface area contributed by atoms with Crippen molar-refractivity contribution in [1.29, 1.82) is 0 Å². The zero-order chi connectivity index (χ0) is 74.5. The Morgan fingerprint density at radius 2 is 0.347 bits per heavy atom. The smallest absolute Gasteiger partial charge is 0.221 e. The molecule has 0 saturated heterocycles. The molecule has 0 aliphatic rings. The predicted molar refractivity (Wildman–Crippen MR) is 432 cm³/mol. The van der Waals surface area contributed by atoms with Gasteiger partial charge in [-0.1, -0.05) is 291 Å². The lowest BCUT2D eigenvalue weighted by Gasteiger charge is -2.31. The number of nitrogens with zero attached hydrogens (tertiary/aromatic N) is 4. The Hall–Kier alpha value is -3.34. The van der Waals surface area contributed by atoms with Gasteiger partial charge >= 0.3 is 0 Å². The maximum atomic E-state index is 13.9. The van der Waals surface area contributed by atoms with Gasteiger partial charge < -0.3 is 51.5 Å². The third-order valence-electron chi connectivity index (χ3n) is 20.9. The molecule has 5 atom stereocenters. The predicted octanol–water partition coefficient (Wildman–Crippen LogP) is 18.5. The van der Waals surface area contributed by atoms with E-state index in [1.807, 2.05) is 0 Å². The van der Waals surface area contributed by atoms with Gasteiger partial charge in [0.15, 0.2) is 0 Å². The fourth-order valence-corrected chi connectivity index (χ4v) is 13.9. The maximum absolute atomic E-state index is 13.9. The molecule has 0 aromatic carbocycles. The monoisotopic (exact) mass is 1430 g/mol. The number of hydrogen-bond acceptors (Lipinski definition) is 10. The minimum atomic E-state index is -0.0436. The van der Waals surface area contributed by atoms with Gasteiger partial charge in [0.25, 0.3) is 0 Å². The van der Waals surface area contributed by atoms with Crippen molar-refractivity contribution in [3.8, 4) is 0 Å². The van der Waals surface area contributed by atoms with Gasteiger partial charge in [0, 0.05) is 154 Å². The number of carbonyl (C=O) groups is 6. The van der Waals surface area contributed by atoms with Crippen molar-refractivity contribution >= 4 is 35.4 Å². The number of carbonyl (C=O) groups excluding carboxylic acids is 6. The minimum absolute atomic E-state index is 0.0291. The topological polar surface area (TPSA) is 188 Å². The van der Waals surface area contributed by atoms with Gasteiger partial charge in [-0.3, -0.25) is 28.8 Å². The zero-order valence-corrected chi connectivity index (χ0v) is 68.7. The van der Waals surface area contributed by atoms with Crippen LogP contribution < -0.4 is 31.9 Å². The number of rotatable bonds is 77. The molecule has 0 spiro atoms. The lowest BCUT2D eigenvalue weighted by molar-refractivity contribution is -0.123. The molecular formula is C85H170N10O6. The molecule has 0 radical (unpaired) electrons. The molecule has 0 saturated carbocycles. The fourth-order valence-electron chi connectivity index (χ4n) is 13.9. The van der Waals surface area contributed by atoms with Crippen molar-refractivity contribution in [2.75, 3.05) is 85.6 Å².